The Morgan fingerprint density at radius 1 is 1.42 bits per heavy atom. The van der Waals surface area contributed by atoms with Crippen molar-refractivity contribution in [3.05, 3.63) is 33.2 Å². The van der Waals surface area contributed by atoms with Gasteiger partial charge >= 0.3 is 0 Å². The van der Waals surface area contributed by atoms with Crippen molar-refractivity contribution in [1.82, 2.24) is 10.2 Å². The first kappa shape index (κ1) is 14.0. The van der Waals surface area contributed by atoms with Gasteiger partial charge in [-0.3, -0.25) is 4.79 Å². The molecule has 7 heteroatoms. The first-order chi connectivity index (χ1) is 9.11. The molecule has 0 unspecified atom stereocenters. The molecule has 2 rings (SSSR count). The van der Waals surface area contributed by atoms with Crippen LogP contribution in [0.1, 0.15) is 22.3 Å². The Morgan fingerprint density at radius 2 is 2.21 bits per heavy atom. The fraction of sp³-hybridized carbons (Fsp3) is 0.250. The van der Waals surface area contributed by atoms with E-state index in [-0.39, 0.29) is 5.91 Å². The third-order valence-electron chi connectivity index (χ3n) is 2.46. The minimum Gasteiger partial charge on any atom is -0.360 e. The molecule has 1 heterocycles. The van der Waals surface area contributed by atoms with Crippen molar-refractivity contribution in [2.45, 2.75) is 13.8 Å². The van der Waals surface area contributed by atoms with Gasteiger partial charge < -0.3 is 10.6 Å². The maximum Gasteiger partial charge on any atom is 0.286 e. The Kier molecular flexibility index (Phi) is 4.49. The summed E-state index contributed by atoms with van der Waals surface area (Å²) in [5, 5.41) is 14.6. The van der Waals surface area contributed by atoms with Crippen LogP contribution in [0.5, 0.6) is 0 Å². The standard InChI is InChI=1S/C12H13BrN4OS/c1-3-14-12-17-16-11(19-12)10(18)15-9-6-4-5-8(13)7(9)2/h4-6H,3H2,1-2H3,(H,14,17)(H,15,18). The van der Waals surface area contributed by atoms with Crippen LogP contribution in [0.4, 0.5) is 10.8 Å². The molecule has 0 fully saturated rings. The van der Waals surface area contributed by atoms with Crippen LogP contribution < -0.4 is 10.6 Å². The molecule has 100 valence electrons. The van der Waals surface area contributed by atoms with E-state index in [9.17, 15) is 4.79 Å². The van der Waals surface area contributed by atoms with Gasteiger partial charge in [0.15, 0.2) is 0 Å². The van der Waals surface area contributed by atoms with Crippen molar-refractivity contribution < 1.29 is 4.79 Å². The number of carbonyl (C=O) groups excluding carboxylic acids is 1. The Balaban J connectivity index is 2.14. The van der Waals surface area contributed by atoms with E-state index in [2.05, 4.69) is 36.8 Å². The van der Waals surface area contributed by atoms with Gasteiger partial charge in [-0.1, -0.05) is 33.3 Å². The summed E-state index contributed by atoms with van der Waals surface area (Å²) in [6, 6.07) is 5.65. The summed E-state index contributed by atoms with van der Waals surface area (Å²) in [6.07, 6.45) is 0. The van der Waals surface area contributed by atoms with Crippen molar-refractivity contribution in [1.29, 1.82) is 0 Å². The summed E-state index contributed by atoms with van der Waals surface area (Å²) in [5.74, 6) is -0.247. The van der Waals surface area contributed by atoms with Crippen LogP contribution in [0.25, 0.3) is 0 Å². The van der Waals surface area contributed by atoms with Gasteiger partial charge in [0.25, 0.3) is 5.91 Å². The summed E-state index contributed by atoms with van der Waals surface area (Å²) < 4.78 is 0.955. The molecule has 0 radical (unpaired) electrons. The number of anilines is 2. The molecule has 19 heavy (non-hydrogen) atoms. The first-order valence-electron chi connectivity index (χ1n) is 5.75. The third-order valence-corrected chi connectivity index (χ3v) is 4.20. The van der Waals surface area contributed by atoms with E-state index in [1.54, 1.807) is 0 Å². The highest BCUT2D eigenvalue weighted by molar-refractivity contribution is 9.10. The predicted molar refractivity (Wildman–Crippen MR) is 80.9 cm³/mol. The van der Waals surface area contributed by atoms with Gasteiger partial charge in [-0.15, -0.1) is 10.2 Å². The molecule has 0 aliphatic rings. The maximum atomic E-state index is 12.0. The van der Waals surface area contributed by atoms with Crippen molar-refractivity contribution in [3.8, 4) is 0 Å². The monoisotopic (exact) mass is 340 g/mol. The average Bonchev–Trinajstić information content (AvgIpc) is 2.84. The molecule has 0 saturated heterocycles. The summed E-state index contributed by atoms with van der Waals surface area (Å²) >= 11 is 4.67. The van der Waals surface area contributed by atoms with Crippen LogP contribution >= 0.6 is 27.3 Å². The largest absolute Gasteiger partial charge is 0.360 e. The second-order valence-electron chi connectivity index (χ2n) is 3.81. The minimum atomic E-state index is -0.247. The van der Waals surface area contributed by atoms with Crippen molar-refractivity contribution in [3.63, 3.8) is 0 Å². The van der Waals surface area contributed by atoms with Crippen LogP contribution in [0.2, 0.25) is 0 Å². The quantitative estimate of drug-likeness (QED) is 0.896. The molecule has 1 amide bonds. The Morgan fingerprint density at radius 3 is 2.95 bits per heavy atom. The van der Waals surface area contributed by atoms with Crippen molar-refractivity contribution in [2.24, 2.45) is 0 Å². The number of carbonyl (C=O) groups is 1. The lowest BCUT2D eigenvalue weighted by Gasteiger charge is -2.07. The highest BCUT2D eigenvalue weighted by atomic mass is 79.9. The fourth-order valence-corrected chi connectivity index (χ4v) is 2.53. The van der Waals surface area contributed by atoms with E-state index in [1.165, 1.54) is 11.3 Å². The Labute approximate surface area is 123 Å². The molecule has 2 N–H and O–H groups in total. The van der Waals surface area contributed by atoms with Gasteiger partial charge in [0.2, 0.25) is 10.1 Å². The lowest BCUT2D eigenvalue weighted by Crippen LogP contribution is -2.12. The van der Waals surface area contributed by atoms with E-state index in [1.807, 2.05) is 32.0 Å². The van der Waals surface area contributed by atoms with Crippen LogP contribution in [0.15, 0.2) is 22.7 Å². The van der Waals surface area contributed by atoms with Crippen LogP contribution in [0, 0.1) is 6.92 Å². The van der Waals surface area contributed by atoms with Gasteiger partial charge in [0.05, 0.1) is 0 Å². The number of halogens is 1. The van der Waals surface area contributed by atoms with Crippen molar-refractivity contribution in [2.75, 3.05) is 17.2 Å². The van der Waals surface area contributed by atoms with Crippen LogP contribution in [0.3, 0.4) is 0 Å². The molecule has 0 saturated carbocycles. The maximum absolute atomic E-state index is 12.0. The average molecular weight is 341 g/mol. The lowest BCUT2D eigenvalue weighted by atomic mass is 10.2. The number of hydrogen-bond donors (Lipinski definition) is 2. The van der Waals surface area contributed by atoms with Gasteiger partial charge in [-0.25, -0.2) is 0 Å². The van der Waals surface area contributed by atoms with E-state index >= 15 is 0 Å². The lowest BCUT2D eigenvalue weighted by molar-refractivity contribution is 0.102. The molecule has 0 aliphatic heterocycles. The van der Waals surface area contributed by atoms with Gasteiger partial charge in [0.1, 0.15) is 0 Å². The summed E-state index contributed by atoms with van der Waals surface area (Å²) in [4.78, 5) is 12.0. The number of amides is 1. The zero-order chi connectivity index (χ0) is 13.8. The number of hydrogen-bond acceptors (Lipinski definition) is 5. The Hall–Kier alpha value is -1.47. The van der Waals surface area contributed by atoms with Gasteiger partial charge in [-0.05, 0) is 31.5 Å². The van der Waals surface area contributed by atoms with Crippen molar-refractivity contribution >= 4 is 44.0 Å². The van der Waals surface area contributed by atoms with Crippen LogP contribution in [-0.4, -0.2) is 22.6 Å². The SMILES string of the molecule is CCNc1nnc(C(=O)Nc2cccc(Br)c2C)s1. The number of rotatable bonds is 4. The number of nitrogens with zero attached hydrogens (tertiary/aromatic N) is 2. The molecular weight excluding hydrogens is 328 g/mol. The molecule has 0 bridgehead atoms. The molecule has 1 aromatic carbocycles. The Bertz CT molecular complexity index is 599. The predicted octanol–water partition coefficient (Wildman–Crippen LogP) is 3.29. The molecule has 0 atom stereocenters. The van der Waals surface area contributed by atoms with E-state index < -0.39 is 0 Å². The van der Waals surface area contributed by atoms with E-state index in [0.29, 0.717) is 10.1 Å². The van der Waals surface area contributed by atoms with E-state index in [0.717, 1.165) is 22.3 Å². The number of aromatic nitrogens is 2. The van der Waals surface area contributed by atoms with E-state index in [4.69, 9.17) is 0 Å². The molecule has 0 aliphatic carbocycles. The summed E-state index contributed by atoms with van der Waals surface area (Å²) in [5.41, 5.74) is 1.74. The summed E-state index contributed by atoms with van der Waals surface area (Å²) in [7, 11) is 0. The highest BCUT2D eigenvalue weighted by Gasteiger charge is 2.14. The molecular formula is C12H13BrN4OS. The fourth-order valence-electron chi connectivity index (χ4n) is 1.46. The number of nitrogens with one attached hydrogen (secondary N) is 2. The topological polar surface area (TPSA) is 66.9 Å². The molecule has 5 nitrogen and oxygen atoms in total. The third kappa shape index (κ3) is 3.30. The molecule has 1 aromatic heterocycles. The second-order valence-corrected chi connectivity index (χ2v) is 5.64. The molecule has 0 spiro atoms. The van der Waals surface area contributed by atoms with Gasteiger partial charge in [-0.2, -0.15) is 0 Å². The summed E-state index contributed by atoms with van der Waals surface area (Å²) in [6.45, 7) is 4.65. The van der Waals surface area contributed by atoms with Crippen LogP contribution in [-0.2, 0) is 0 Å². The zero-order valence-electron chi connectivity index (χ0n) is 10.5. The second kappa shape index (κ2) is 6.12. The highest BCUT2D eigenvalue weighted by Crippen LogP contribution is 2.24. The number of benzene rings is 1. The first-order valence-corrected chi connectivity index (χ1v) is 7.36. The molecule has 2 aromatic rings. The van der Waals surface area contributed by atoms with Gasteiger partial charge in [0, 0.05) is 16.7 Å². The smallest absolute Gasteiger partial charge is 0.286 e. The normalized spacial score (nSPS) is 10.3. The zero-order valence-corrected chi connectivity index (χ0v) is 12.9. The minimum absolute atomic E-state index is 0.247.